The minimum Gasteiger partial charge on any atom is -0.352 e. The van der Waals surface area contributed by atoms with Gasteiger partial charge in [0.2, 0.25) is 0 Å². The zero-order valence-corrected chi connectivity index (χ0v) is 16.4. The van der Waals surface area contributed by atoms with Crippen LogP contribution in [0.1, 0.15) is 27.9 Å². The Morgan fingerprint density at radius 1 is 0.926 bits per heavy atom. The van der Waals surface area contributed by atoms with Gasteiger partial charge in [-0.1, -0.05) is 48.5 Å². The number of benzene rings is 2. The zero-order chi connectivity index (χ0) is 18.9. The van der Waals surface area contributed by atoms with Gasteiger partial charge in [-0.3, -0.25) is 4.79 Å². The van der Waals surface area contributed by atoms with E-state index >= 15 is 0 Å². The second kappa shape index (κ2) is 10.2. The van der Waals surface area contributed by atoms with E-state index in [0.29, 0.717) is 0 Å². The number of rotatable bonds is 8. The second-order valence-corrected chi connectivity index (χ2v) is 7.40. The third-order valence-electron chi connectivity index (χ3n) is 5.32. The summed E-state index contributed by atoms with van der Waals surface area (Å²) < 4.78 is 0. The lowest BCUT2D eigenvalue weighted by Gasteiger charge is -2.32. The standard InChI is InChI=1S/C23H31N3O/c1-25-16-18-26(19-17-25)15-7-14-24-23(27)22-11-6-5-10-21(22)13-12-20-8-3-2-4-9-20/h2-6,8-11H,7,12-19H2,1H3,(H,24,27). The number of hydrogen-bond donors (Lipinski definition) is 1. The van der Waals surface area contributed by atoms with Crippen LogP contribution in [0.3, 0.4) is 0 Å². The van der Waals surface area contributed by atoms with Gasteiger partial charge in [-0.25, -0.2) is 0 Å². The highest BCUT2D eigenvalue weighted by molar-refractivity contribution is 5.95. The van der Waals surface area contributed by atoms with Gasteiger partial charge < -0.3 is 15.1 Å². The van der Waals surface area contributed by atoms with E-state index in [-0.39, 0.29) is 5.91 Å². The van der Waals surface area contributed by atoms with Gasteiger partial charge in [0.15, 0.2) is 0 Å². The maximum absolute atomic E-state index is 12.6. The van der Waals surface area contributed by atoms with Gasteiger partial charge in [0.25, 0.3) is 5.91 Å². The van der Waals surface area contributed by atoms with Crippen LogP contribution in [0.2, 0.25) is 0 Å². The van der Waals surface area contributed by atoms with E-state index < -0.39 is 0 Å². The Morgan fingerprint density at radius 3 is 2.41 bits per heavy atom. The van der Waals surface area contributed by atoms with Crippen molar-refractivity contribution in [3.8, 4) is 0 Å². The van der Waals surface area contributed by atoms with E-state index in [1.807, 2.05) is 24.3 Å². The lowest BCUT2D eigenvalue weighted by Crippen LogP contribution is -2.45. The highest BCUT2D eigenvalue weighted by Gasteiger charge is 2.14. The number of amides is 1. The fraction of sp³-hybridized carbons (Fsp3) is 0.435. The quantitative estimate of drug-likeness (QED) is 0.731. The first kappa shape index (κ1) is 19.6. The Labute approximate surface area is 163 Å². The third-order valence-corrected chi connectivity index (χ3v) is 5.32. The van der Waals surface area contributed by atoms with E-state index in [1.54, 1.807) is 0 Å². The van der Waals surface area contributed by atoms with Crippen LogP contribution in [0.15, 0.2) is 54.6 Å². The van der Waals surface area contributed by atoms with Gasteiger partial charge in [0.1, 0.15) is 0 Å². The van der Waals surface area contributed by atoms with Crippen LogP contribution < -0.4 is 5.32 Å². The molecule has 0 aliphatic carbocycles. The molecular formula is C23H31N3O. The molecule has 144 valence electrons. The summed E-state index contributed by atoms with van der Waals surface area (Å²) in [6, 6.07) is 18.4. The molecule has 1 aliphatic heterocycles. The fourth-order valence-corrected chi connectivity index (χ4v) is 3.55. The lowest BCUT2D eigenvalue weighted by molar-refractivity contribution is 0.0948. The molecule has 4 heteroatoms. The summed E-state index contributed by atoms with van der Waals surface area (Å²) in [5, 5.41) is 3.11. The number of piperazine rings is 1. The number of hydrogen-bond acceptors (Lipinski definition) is 3. The highest BCUT2D eigenvalue weighted by atomic mass is 16.1. The average Bonchev–Trinajstić information content (AvgIpc) is 2.72. The molecule has 1 N–H and O–H groups in total. The second-order valence-electron chi connectivity index (χ2n) is 7.40. The van der Waals surface area contributed by atoms with Gasteiger partial charge >= 0.3 is 0 Å². The van der Waals surface area contributed by atoms with Crippen molar-refractivity contribution < 1.29 is 4.79 Å². The molecule has 0 unspecified atom stereocenters. The van der Waals surface area contributed by atoms with Gasteiger partial charge in [-0.2, -0.15) is 0 Å². The maximum atomic E-state index is 12.6. The molecule has 1 fully saturated rings. The summed E-state index contributed by atoms with van der Waals surface area (Å²) in [7, 11) is 2.17. The van der Waals surface area contributed by atoms with Crippen molar-refractivity contribution in [2.45, 2.75) is 19.3 Å². The largest absolute Gasteiger partial charge is 0.352 e. The number of likely N-dealkylation sites (N-methyl/N-ethyl adjacent to an activating group) is 1. The Morgan fingerprint density at radius 2 is 1.63 bits per heavy atom. The van der Waals surface area contributed by atoms with Crippen LogP contribution in [0.25, 0.3) is 0 Å². The van der Waals surface area contributed by atoms with Crippen molar-refractivity contribution in [2.24, 2.45) is 0 Å². The predicted octanol–water partition coefficient (Wildman–Crippen LogP) is 2.84. The van der Waals surface area contributed by atoms with Crippen LogP contribution >= 0.6 is 0 Å². The molecule has 1 saturated heterocycles. The molecule has 0 radical (unpaired) electrons. The number of nitrogens with one attached hydrogen (secondary N) is 1. The van der Waals surface area contributed by atoms with Crippen molar-refractivity contribution in [1.82, 2.24) is 15.1 Å². The molecule has 0 saturated carbocycles. The summed E-state index contributed by atoms with van der Waals surface area (Å²) in [5.74, 6) is 0.0528. The van der Waals surface area contributed by atoms with Crippen molar-refractivity contribution in [2.75, 3.05) is 46.3 Å². The van der Waals surface area contributed by atoms with Crippen molar-refractivity contribution >= 4 is 5.91 Å². The summed E-state index contributed by atoms with van der Waals surface area (Å²) in [6.45, 7) is 6.34. The van der Waals surface area contributed by atoms with Crippen molar-refractivity contribution in [3.05, 3.63) is 71.3 Å². The van der Waals surface area contributed by atoms with E-state index in [4.69, 9.17) is 0 Å². The van der Waals surface area contributed by atoms with Crippen LogP contribution in [0.5, 0.6) is 0 Å². The van der Waals surface area contributed by atoms with Crippen LogP contribution in [-0.4, -0.2) is 62.0 Å². The minimum absolute atomic E-state index is 0.0528. The highest BCUT2D eigenvalue weighted by Crippen LogP contribution is 2.13. The lowest BCUT2D eigenvalue weighted by atomic mass is 9.99. The Balaban J connectivity index is 1.45. The van der Waals surface area contributed by atoms with Gasteiger partial charge in [0, 0.05) is 38.3 Å². The topological polar surface area (TPSA) is 35.6 Å². The van der Waals surface area contributed by atoms with Crippen LogP contribution in [0, 0.1) is 0 Å². The van der Waals surface area contributed by atoms with Crippen molar-refractivity contribution in [1.29, 1.82) is 0 Å². The Kier molecular flexibility index (Phi) is 7.43. The molecule has 2 aromatic carbocycles. The number of nitrogens with zero attached hydrogens (tertiary/aromatic N) is 2. The minimum atomic E-state index is 0.0528. The first-order chi connectivity index (χ1) is 13.2. The van der Waals surface area contributed by atoms with Crippen LogP contribution in [-0.2, 0) is 12.8 Å². The molecular weight excluding hydrogens is 334 g/mol. The van der Waals surface area contributed by atoms with Crippen LogP contribution in [0.4, 0.5) is 0 Å². The summed E-state index contributed by atoms with van der Waals surface area (Å²) >= 11 is 0. The molecule has 0 atom stereocenters. The first-order valence-electron chi connectivity index (χ1n) is 10.0. The van der Waals surface area contributed by atoms with Crippen molar-refractivity contribution in [3.63, 3.8) is 0 Å². The molecule has 4 nitrogen and oxygen atoms in total. The third kappa shape index (κ3) is 6.19. The number of carbonyl (C=O) groups excluding carboxylic acids is 1. The molecule has 3 rings (SSSR count). The molecule has 1 amide bonds. The van der Waals surface area contributed by atoms with E-state index in [2.05, 4.69) is 52.5 Å². The molecule has 0 spiro atoms. The van der Waals surface area contributed by atoms with E-state index in [1.165, 1.54) is 5.56 Å². The SMILES string of the molecule is CN1CCN(CCCNC(=O)c2ccccc2CCc2ccccc2)CC1. The van der Waals surface area contributed by atoms with Gasteiger partial charge in [0.05, 0.1) is 0 Å². The monoisotopic (exact) mass is 365 g/mol. The normalized spacial score (nSPS) is 15.6. The molecule has 0 bridgehead atoms. The smallest absolute Gasteiger partial charge is 0.251 e. The fourth-order valence-electron chi connectivity index (χ4n) is 3.55. The Hall–Kier alpha value is -2.17. The maximum Gasteiger partial charge on any atom is 0.251 e. The molecule has 0 aromatic heterocycles. The predicted molar refractivity (Wildman–Crippen MR) is 111 cm³/mol. The average molecular weight is 366 g/mol. The zero-order valence-electron chi connectivity index (χ0n) is 16.4. The summed E-state index contributed by atoms with van der Waals surface area (Å²) in [6.07, 6.45) is 2.84. The molecule has 27 heavy (non-hydrogen) atoms. The van der Waals surface area contributed by atoms with E-state index in [9.17, 15) is 4.79 Å². The van der Waals surface area contributed by atoms with Gasteiger partial charge in [-0.15, -0.1) is 0 Å². The summed E-state index contributed by atoms with van der Waals surface area (Å²) in [4.78, 5) is 17.5. The number of aryl methyl sites for hydroxylation is 2. The first-order valence-corrected chi connectivity index (χ1v) is 10.0. The van der Waals surface area contributed by atoms with E-state index in [0.717, 1.165) is 69.7 Å². The molecule has 1 aliphatic rings. The number of carbonyl (C=O) groups is 1. The molecule has 2 aromatic rings. The Bertz CT molecular complexity index is 709. The summed E-state index contributed by atoms with van der Waals surface area (Å²) in [5.41, 5.74) is 3.24. The van der Waals surface area contributed by atoms with Gasteiger partial charge in [-0.05, 0) is 50.0 Å². The molecule has 1 heterocycles.